The van der Waals surface area contributed by atoms with E-state index >= 15 is 0 Å². The van der Waals surface area contributed by atoms with Gasteiger partial charge in [0.15, 0.2) is 0 Å². The van der Waals surface area contributed by atoms with Crippen molar-refractivity contribution < 1.29 is 57.6 Å². The van der Waals surface area contributed by atoms with Crippen molar-refractivity contribution >= 4 is 50.0 Å². The number of aromatic nitrogens is 2. The Bertz CT molecular complexity index is 1490. The number of rotatable bonds is 23. The smallest absolute Gasteiger partial charge is 0.396 e. The number of aliphatic hydroxyl groups excluding tert-OH is 1. The van der Waals surface area contributed by atoms with E-state index in [1.807, 2.05) is 13.8 Å². The Morgan fingerprint density at radius 3 is 2.26 bits per heavy atom. The molecule has 0 unspecified atom stereocenters. The second-order valence-corrected chi connectivity index (χ2v) is 14.2. The van der Waals surface area contributed by atoms with Crippen molar-refractivity contribution in [1.29, 1.82) is 0 Å². The highest BCUT2D eigenvalue weighted by molar-refractivity contribution is 7.46. The number of likely N-dealkylation sites (tertiary alicyclic amines) is 1. The molecule has 0 radical (unpaired) electrons. The number of primary amides is 1. The van der Waals surface area contributed by atoms with Crippen LogP contribution in [-0.4, -0.2) is 128 Å². The molecule has 1 aromatic rings. The Hall–Kier alpha value is -4.43. The average molecular weight is 774 g/mol. The van der Waals surface area contributed by atoms with E-state index in [0.717, 1.165) is 6.92 Å². The molecule has 0 aromatic carbocycles. The number of amides is 6. The summed E-state index contributed by atoms with van der Waals surface area (Å²) in [5, 5.41) is 23.2. The Labute approximate surface area is 307 Å². The zero-order valence-corrected chi connectivity index (χ0v) is 31.2. The third-order valence-corrected chi connectivity index (χ3v) is 8.92. The van der Waals surface area contributed by atoms with E-state index in [1.54, 1.807) is 4.57 Å². The highest BCUT2D eigenvalue weighted by Gasteiger charge is 2.37. The molecule has 0 saturated carbocycles. The minimum Gasteiger partial charge on any atom is -0.396 e. The third kappa shape index (κ3) is 14.8. The third-order valence-electron chi connectivity index (χ3n) is 8.31. The maximum Gasteiger partial charge on any atom is 0.469 e. The van der Waals surface area contributed by atoms with Gasteiger partial charge >= 0.3 is 7.82 Å². The van der Waals surface area contributed by atoms with E-state index in [0.29, 0.717) is 51.1 Å². The van der Waals surface area contributed by atoms with Gasteiger partial charge in [-0.15, -0.1) is 5.16 Å². The molecule has 0 aliphatic carbocycles. The summed E-state index contributed by atoms with van der Waals surface area (Å²) in [5.41, 5.74) is 5.81. The minimum absolute atomic E-state index is 0.0925. The maximum absolute atomic E-state index is 13.8. The van der Waals surface area contributed by atoms with E-state index in [1.165, 1.54) is 24.3 Å². The van der Waals surface area contributed by atoms with E-state index < -0.39 is 80.3 Å². The van der Waals surface area contributed by atoms with E-state index in [4.69, 9.17) is 20.4 Å². The topological polar surface area (TPSA) is 306 Å². The average Bonchev–Trinajstić information content (AvgIpc) is 3.74. The molecule has 53 heavy (non-hydrogen) atoms. The molecular weight excluding hydrogens is 721 g/mol. The van der Waals surface area contributed by atoms with Gasteiger partial charge < -0.3 is 56.2 Å². The zero-order valence-electron chi connectivity index (χ0n) is 30.3. The number of hydrogen-bond acceptors (Lipinski definition) is 12. The molecule has 21 nitrogen and oxygen atoms in total. The number of nitrogens with two attached hydrogens (primary N) is 1. The molecule has 6 atom stereocenters. The second-order valence-electron chi connectivity index (χ2n) is 13.0. The molecule has 298 valence electrons. The molecule has 1 saturated heterocycles. The second kappa shape index (κ2) is 21.3. The number of aryl methyl sites for hydroxylation is 1. The number of hydrogen-bond donors (Lipinski definition) is 8. The highest BCUT2D eigenvalue weighted by Crippen LogP contribution is 2.38. The first-order chi connectivity index (χ1) is 24.9. The summed E-state index contributed by atoms with van der Waals surface area (Å²) in [5.74, 6) is -4.96. The lowest BCUT2D eigenvalue weighted by Crippen LogP contribution is -2.61. The van der Waals surface area contributed by atoms with Gasteiger partial charge in [-0.25, -0.2) is 9.55 Å². The molecule has 22 heteroatoms. The lowest BCUT2D eigenvalue weighted by Gasteiger charge is -2.28. The van der Waals surface area contributed by atoms with Gasteiger partial charge in [0.25, 0.3) is 0 Å². The molecule has 2 rings (SSSR count). The van der Waals surface area contributed by atoms with Crippen LogP contribution in [0.15, 0.2) is 17.7 Å². The van der Waals surface area contributed by atoms with Gasteiger partial charge in [-0.1, -0.05) is 13.8 Å². The molecule has 1 aliphatic rings. The monoisotopic (exact) mass is 773 g/mol. The highest BCUT2D eigenvalue weighted by atomic mass is 31.2. The molecule has 2 heterocycles. The van der Waals surface area contributed by atoms with Gasteiger partial charge in [-0.05, 0) is 44.9 Å². The van der Waals surface area contributed by atoms with Crippen molar-refractivity contribution in [3.8, 4) is 0 Å². The lowest BCUT2D eigenvalue weighted by atomic mass is 10.0. The van der Waals surface area contributed by atoms with Crippen molar-refractivity contribution in [1.82, 2.24) is 35.7 Å². The summed E-state index contributed by atoms with van der Waals surface area (Å²) >= 11 is 0. The van der Waals surface area contributed by atoms with Gasteiger partial charge in [-0.3, -0.25) is 33.3 Å². The van der Waals surface area contributed by atoms with E-state index in [9.17, 15) is 38.4 Å². The predicted octanol–water partition coefficient (Wildman–Crippen LogP) is -2.19. The minimum atomic E-state index is -5.11. The maximum atomic E-state index is 13.8. The van der Waals surface area contributed by atoms with Gasteiger partial charge in [-0.2, -0.15) is 0 Å². The van der Waals surface area contributed by atoms with Gasteiger partial charge in [0.05, 0.1) is 19.0 Å². The van der Waals surface area contributed by atoms with E-state index in [-0.39, 0.29) is 24.7 Å². The summed E-state index contributed by atoms with van der Waals surface area (Å²) in [6.07, 6.45) is 3.67. The number of nitrogens with one attached hydrogen (secondary N) is 4. The molecule has 0 spiro atoms. The molecule has 1 aliphatic heterocycles. The van der Waals surface area contributed by atoms with Crippen LogP contribution in [0.2, 0.25) is 0 Å². The fourth-order valence-electron chi connectivity index (χ4n) is 5.73. The number of aliphatic hydroxyl groups is 1. The number of oxime groups is 1. The van der Waals surface area contributed by atoms with Crippen LogP contribution in [-0.2, 0) is 55.7 Å². The number of carbonyl (C=O) groups is 6. The molecule has 6 amide bonds. The summed E-state index contributed by atoms with van der Waals surface area (Å²) in [4.78, 5) is 107. The fourth-order valence-corrected chi connectivity index (χ4v) is 6.28. The molecule has 1 fully saturated rings. The van der Waals surface area contributed by atoms with Crippen LogP contribution in [0, 0.1) is 5.92 Å². The number of unbranched alkanes of at least 4 members (excludes halogenated alkanes) is 1. The summed E-state index contributed by atoms with van der Waals surface area (Å²) < 4.78 is 17.5. The van der Waals surface area contributed by atoms with Gasteiger partial charge in [0, 0.05) is 45.0 Å². The number of carbonyl (C=O) groups excluding carboxylic acids is 6. The van der Waals surface area contributed by atoms with Crippen molar-refractivity contribution in [2.75, 3.05) is 19.8 Å². The zero-order chi connectivity index (χ0) is 39.9. The van der Waals surface area contributed by atoms with Crippen LogP contribution in [0.3, 0.4) is 0 Å². The number of nitrogens with zero attached hydrogens (tertiary/aromatic N) is 4. The molecular formula is C31H52N9O12P. The quantitative estimate of drug-likeness (QED) is 0.0254. The molecule has 1 aromatic heterocycles. The van der Waals surface area contributed by atoms with Crippen molar-refractivity contribution in [3.63, 3.8) is 0 Å². The summed E-state index contributed by atoms with van der Waals surface area (Å²) in [6.45, 7) is 9.51. The number of phosphoric ester groups is 1. The first-order valence-electron chi connectivity index (χ1n) is 17.1. The van der Waals surface area contributed by atoms with Crippen molar-refractivity contribution in [3.05, 3.63) is 18.2 Å². The number of phosphoric acid groups is 1. The van der Waals surface area contributed by atoms with Crippen LogP contribution in [0.25, 0.3) is 0 Å². The molecule has 9 N–H and O–H groups in total. The standard InChI is InChI=1S/C31H52N9O12P/c1-18(2)13-22(36-31(47)25-9-8-11-40(25)20(4)42)28(44)35-23(14-21-15-34-17-39(21)10-6-7-12-51-33-5)29(45)37-24(16-41)30(46)38-26(27(32)43)19(3)52-53(48,49)50/h15,17-19,22-26,41H,5-14,16H2,1-4H3,(H2,32,43)(H,35,44)(H,36,47)(H,37,45)(H,38,46)(H2,48,49,50)/t19-,22+,23+,24+,25+,26+/m1/s1. The van der Waals surface area contributed by atoms with Crippen LogP contribution >= 0.6 is 7.82 Å². The Balaban J connectivity index is 2.35. The van der Waals surface area contributed by atoms with Crippen molar-refractivity contribution in [2.45, 2.75) is 109 Å². The normalized spacial score (nSPS) is 17.2. The van der Waals surface area contributed by atoms with Crippen LogP contribution in [0.5, 0.6) is 0 Å². The lowest BCUT2D eigenvalue weighted by molar-refractivity contribution is -0.139. The molecule has 0 bridgehead atoms. The SMILES string of the molecule is C=NOCCCCn1cncc1C[C@H](NC(=O)[C@H](CC(C)C)NC(=O)[C@@H]1CCCN1C(C)=O)C(=O)N[C@@H](CO)C(=O)N[C@H](C(N)=O)[C@@H](C)OP(=O)(O)O. The van der Waals surface area contributed by atoms with Gasteiger partial charge in [0.1, 0.15) is 36.8 Å². The largest absolute Gasteiger partial charge is 0.469 e. The Morgan fingerprint density at radius 1 is 1.04 bits per heavy atom. The van der Waals surface area contributed by atoms with Crippen molar-refractivity contribution in [2.24, 2.45) is 16.8 Å². The Kier molecular flexibility index (Phi) is 18.0. The predicted molar refractivity (Wildman–Crippen MR) is 187 cm³/mol. The van der Waals surface area contributed by atoms with Crippen LogP contribution in [0.4, 0.5) is 0 Å². The first-order valence-corrected chi connectivity index (χ1v) is 18.6. The van der Waals surface area contributed by atoms with E-state index in [2.05, 4.69) is 42.6 Å². The van der Waals surface area contributed by atoms with Crippen LogP contribution < -0.4 is 27.0 Å². The first kappa shape index (κ1) is 44.7. The van der Waals surface area contributed by atoms with Gasteiger partial charge in [0.2, 0.25) is 35.4 Å². The van der Waals surface area contributed by atoms with Crippen LogP contribution in [0.1, 0.15) is 65.5 Å². The number of imidazole rings is 1. The fraction of sp³-hybridized carbons (Fsp3) is 0.677. The summed E-state index contributed by atoms with van der Waals surface area (Å²) in [7, 11) is -5.11. The summed E-state index contributed by atoms with van der Waals surface area (Å²) in [6, 6.07) is -6.82. The Morgan fingerprint density at radius 2 is 1.68 bits per heavy atom.